The number of imidazole rings is 1. The molecular formula is C13H11ClN4O2S. The molecule has 0 bridgehead atoms. The molecule has 2 heterocycles. The van der Waals surface area contributed by atoms with Gasteiger partial charge in [-0.1, -0.05) is 11.6 Å². The molecule has 0 unspecified atom stereocenters. The van der Waals surface area contributed by atoms with Crippen molar-refractivity contribution in [2.45, 2.75) is 11.8 Å². The molecule has 1 aromatic carbocycles. The lowest BCUT2D eigenvalue weighted by molar-refractivity contribution is 0.601. The summed E-state index contributed by atoms with van der Waals surface area (Å²) in [5.41, 5.74) is 1.95. The van der Waals surface area contributed by atoms with Crippen molar-refractivity contribution in [3.05, 3.63) is 47.5 Å². The number of nitrogens with zero attached hydrogens (tertiary/aromatic N) is 2. The summed E-state index contributed by atoms with van der Waals surface area (Å²) in [6, 6.07) is 6.49. The van der Waals surface area contributed by atoms with Gasteiger partial charge in [0.15, 0.2) is 0 Å². The fraction of sp³-hybridized carbons (Fsp3) is 0.0769. The van der Waals surface area contributed by atoms with E-state index in [9.17, 15) is 8.42 Å². The summed E-state index contributed by atoms with van der Waals surface area (Å²) in [5.74, 6) is 0.764. The molecule has 0 aliphatic carbocycles. The van der Waals surface area contributed by atoms with Crippen LogP contribution in [0.25, 0.3) is 11.0 Å². The Labute approximate surface area is 126 Å². The molecule has 0 aliphatic rings. The molecule has 0 amide bonds. The molecule has 0 radical (unpaired) electrons. The van der Waals surface area contributed by atoms with Gasteiger partial charge in [0.05, 0.1) is 21.7 Å². The largest absolute Gasteiger partial charge is 0.342 e. The fourth-order valence-electron chi connectivity index (χ4n) is 1.97. The molecule has 0 fully saturated rings. The Hall–Kier alpha value is -2.12. The third kappa shape index (κ3) is 2.70. The van der Waals surface area contributed by atoms with E-state index >= 15 is 0 Å². The Kier molecular flexibility index (Phi) is 3.30. The molecule has 0 saturated carbocycles. The van der Waals surface area contributed by atoms with Crippen molar-refractivity contribution >= 4 is 38.3 Å². The average molecular weight is 323 g/mol. The number of hydrogen-bond donors (Lipinski definition) is 2. The van der Waals surface area contributed by atoms with E-state index < -0.39 is 10.0 Å². The number of halogens is 1. The normalized spacial score (nSPS) is 11.7. The molecule has 6 nitrogen and oxygen atoms in total. The second-order valence-electron chi connectivity index (χ2n) is 4.47. The highest BCUT2D eigenvalue weighted by atomic mass is 35.5. The molecule has 3 rings (SSSR count). The Bertz CT molecular complexity index is 921. The van der Waals surface area contributed by atoms with Crippen LogP contribution in [0, 0.1) is 6.92 Å². The van der Waals surface area contributed by atoms with E-state index in [1.54, 1.807) is 18.2 Å². The topological polar surface area (TPSA) is 87.7 Å². The number of aromatic nitrogens is 3. The first-order valence-electron chi connectivity index (χ1n) is 6.04. The molecule has 108 valence electrons. The SMILES string of the molecule is Cc1nc2ccc(NS(=O)(=O)c3cnccc3Cl)cc2[nH]1. The summed E-state index contributed by atoms with van der Waals surface area (Å²) in [6.07, 6.45) is 2.64. The number of rotatable bonds is 3. The highest BCUT2D eigenvalue weighted by Gasteiger charge is 2.18. The van der Waals surface area contributed by atoms with Crippen molar-refractivity contribution in [2.75, 3.05) is 4.72 Å². The molecule has 3 aromatic rings. The zero-order valence-electron chi connectivity index (χ0n) is 11.0. The van der Waals surface area contributed by atoms with Gasteiger partial charge in [-0.15, -0.1) is 0 Å². The van der Waals surface area contributed by atoms with E-state index in [0.29, 0.717) is 5.69 Å². The zero-order chi connectivity index (χ0) is 15.0. The molecule has 21 heavy (non-hydrogen) atoms. The van der Waals surface area contributed by atoms with E-state index in [4.69, 9.17) is 11.6 Å². The molecule has 0 spiro atoms. The third-order valence-corrected chi connectivity index (χ3v) is 4.73. The van der Waals surface area contributed by atoms with Crippen LogP contribution >= 0.6 is 11.6 Å². The summed E-state index contributed by atoms with van der Waals surface area (Å²) < 4.78 is 27.1. The summed E-state index contributed by atoms with van der Waals surface area (Å²) in [6.45, 7) is 1.83. The minimum atomic E-state index is -3.78. The predicted molar refractivity (Wildman–Crippen MR) is 80.9 cm³/mol. The zero-order valence-corrected chi connectivity index (χ0v) is 12.5. The summed E-state index contributed by atoms with van der Waals surface area (Å²) >= 11 is 5.90. The lowest BCUT2D eigenvalue weighted by atomic mass is 10.3. The Morgan fingerprint density at radius 1 is 1.29 bits per heavy atom. The molecule has 2 N–H and O–H groups in total. The smallest absolute Gasteiger partial charge is 0.264 e. The standard InChI is InChI=1S/C13H11ClN4O2S/c1-8-16-11-3-2-9(6-12(11)17-8)18-21(19,20)13-7-15-5-4-10(13)14/h2-7,18H,1H3,(H,16,17). The van der Waals surface area contributed by atoms with Crippen molar-refractivity contribution in [1.29, 1.82) is 0 Å². The van der Waals surface area contributed by atoms with Crippen molar-refractivity contribution in [3.8, 4) is 0 Å². The van der Waals surface area contributed by atoms with Crippen LogP contribution in [0.5, 0.6) is 0 Å². The van der Waals surface area contributed by atoms with Gasteiger partial charge < -0.3 is 4.98 Å². The number of hydrogen-bond acceptors (Lipinski definition) is 4. The van der Waals surface area contributed by atoms with Crippen LogP contribution in [-0.2, 0) is 10.0 Å². The van der Waals surface area contributed by atoms with Crippen LogP contribution in [-0.4, -0.2) is 23.4 Å². The van der Waals surface area contributed by atoms with Crippen LogP contribution in [0.1, 0.15) is 5.82 Å². The minimum Gasteiger partial charge on any atom is -0.342 e. The first-order valence-corrected chi connectivity index (χ1v) is 7.90. The van der Waals surface area contributed by atoms with E-state index in [0.717, 1.165) is 16.9 Å². The number of pyridine rings is 1. The van der Waals surface area contributed by atoms with Crippen molar-refractivity contribution < 1.29 is 8.42 Å². The number of anilines is 1. The van der Waals surface area contributed by atoms with Crippen LogP contribution in [0.15, 0.2) is 41.6 Å². The molecule has 0 saturated heterocycles. The number of H-pyrrole nitrogens is 1. The van der Waals surface area contributed by atoms with Crippen LogP contribution in [0.2, 0.25) is 5.02 Å². The Morgan fingerprint density at radius 2 is 2.10 bits per heavy atom. The second-order valence-corrected chi connectivity index (χ2v) is 6.52. The predicted octanol–water partition coefficient (Wildman–Crippen LogP) is 2.72. The highest BCUT2D eigenvalue weighted by Crippen LogP contribution is 2.24. The Balaban J connectivity index is 1.99. The van der Waals surface area contributed by atoms with Crippen molar-refractivity contribution in [1.82, 2.24) is 15.0 Å². The van der Waals surface area contributed by atoms with Crippen LogP contribution in [0.3, 0.4) is 0 Å². The summed E-state index contributed by atoms with van der Waals surface area (Å²) in [4.78, 5) is 11.0. The molecule has 2 aromatic heterocycles. The van der Waals surface area contributed by atoms with Gasteiger partial charge in [-0.25, -0.2) is 13.4 Å². The number of aromatic amines is 1. The summed E-state index contributed by atoms with van der Waals surface area (Å²) in [5, 5.41) is 0.121. The number of nitrogens with one attached hydrogen (secondary N) is 2. The third-order valence-electron chi connectivity index (χ3n) is 2.88. The van der Waals surface area contributed by atoms with Gasteiger partial charge in [-0.3, -0.25) is 9.71 Å². The average Bonchev–Trinajstić information content (AvgIpc) is 2.78. The second kappa shape index (κ2) is 5.01. The van der Waals surface area contributed by atoms with E-state index in [-0.39, 0.29) is 9.92 Å². The van der Waals surface area contributed by atoms with Crippen LogP contribution < -0.4 is 4.72 Å². The number of fused-ring (bicyclic) bond motifs is 1. The van der Waals surface area contributed by atoms with Gasteiger partial charge >= 0.3 is 0 Å². The first kappa shape index (κ1) is 13.8. The quantitative estimate of drug-likeness (QED) is 0.776. The van der Waals surface area contributed by atoms with Crippen molar-refractivity contribution in [2.24, 2.45) is 0 Å². The number of benzene rings is 1. The maximum Gasteiger partial charge on any atom is 0.264 e. The van der Waals surface area contributed by atoms with Crippen molar-refractivity contribution in [3.63, 3.8) is 0 Å². The molecule has 8 heteroatoms. The van der Waals surface area contributed by atoms with Crippen LogP contribution in [0.4, 0.5) is 5.69 Å². The highest BCUT2D eigenvalue weighted by molar-refractivity contribution is 7.92. The van der Waals surface area contributed by atoms with Gasteiger partial charge in [-0.2, -0.15) is 0 Å². The van der Waals surface area contributed by atoms with Gasteiger partial charge in [0, 0.05) is 12.4 Å². The number of aryl methyl sites for hydroxylation is 1. The van der Waals surface area contributed by atoms with E-state index in [1.165, 1.54) is 18.5 Å². The fourth-order valence-corrected chi connectivity index (χ4v) is 3.45. The molecule has 0 atom stereocenters. The lowest BCUT2D eigenvalue weighted by Crippen LogP contribution is -2.13. The number of sulfonamides is 1. The maximum atomic E-state index is 12.3. The Morgan fingerprint density at radius 3 is 2.86 bits per heavy atom. The molecular weight excluding hydrogens is 312 g/mol. The minimum absolute atomic E-state index is 0.0624. The van der Waals surface area contributed by atoms with Gasteiger partial charge in [0.25, 0.3) is 10.0 Å². The monoisotopic (exact) mass is 322 g/mol. The van der Waals surface area contributed by atoms with E-state index in [1.807, 2.05) is 6.92 Å². The van der Waals surface area contributed by atoms with Gasteiger partial charge in [-0.05, 0) is 31.2 Å². The maximum absolute atomic E-state index is 12.3. The first-order chi connectivity index (χ1) is 9.95. The van der Waals surface area contributed by atoms with Gasteiger partial charge in [0.2, 0.25) is 0 Å². The van der Waals surface area contributed by atoms with Gasteiger partial charge in [0.1, 0.15) is 10.7 Å². The lowest BCUT2D eigenvalue weighted by Gasteiger charge is -2.08. The summed E-state index contributed by atoms with van der Waals surface area (Å²) in [7, 11) is -3.78. The van der Waals surface area contributed by atoms with E-state index in [2.05, 4.69) is 19.7 Å². The molecule has 0 aliphatic heterocycles.